The van der Waals surface area contributed by atoms with Gasteiger partial charge in [0.2, 0.25) is 0 Å². The molecule has 1 unspecified atom stereocenters. The van der Waals surface area contributed by atoms with Crippen LogP contribution in [-0.2, 0) is 4.79 Å². The number of hydrogen-bond acceptors (Lipinski definition) is 5. The highest BCUT2D eigenvalue weighted by Crippen LogP contribution is 2.31. The van der Waals surface area contributed by atoms with E-state index < -0.39 is 6.04 Å². The number of furan rings is 1. The van der Waals surface area contributed by atoms with E-state index in [1.54, 1.807) is 10.6 Å². The number of allylic oxidation sites excluding steroid dienone is 1. The van der Waals surface area contributed by atoms with Gasteiger partial charge in [0.15, 0.2) is 4.80 Å². The second kappa shape index (κ2) is 10.7. The maximum Gasteiger partial charge on any atom is 0.271 e. The molecule has 1 amide bonds. The van der Waals surface area contributed by atoms with Gasteiger partial charge >= 0.3 is 0 Å². The summed E-state index contributed by atoms with van der Waals surface area (Å²) in [6.45, 7) is 3.76. The lowest BCUT2D eigenvalue weighted by Gasteiger charge is -2.25. The second-order valence-electron chi connectivity index (χ2n) is 9.47. The normalized spacial score (nSPS) is 15.1. The van der Waals surface area contributed by atoms with Crippen molar-refractivity contribution >= 4 is 44.9 Å². The molecule has 1 aliphatic heterocycles. The number of aromatic nitrogens is 1. The van der Waals surface area contributed by atoms with Crippen LogP contribution < -0.4 is 20.2 Å². The van der Waals surface area contributed by atoms with E-state index >= 15 is 0 Å². The molecule has 2 aromatic heterocycles. The summed E-state index contributed by atoms with van der Waals surface area (Å²) in [5.41, 5.74) is 4.21. The van der Waals surface area contributed by atoms with Crippen LogP contribution in [0.4, 0.5) is 5.69 Å². The first-order valence-electron chi connectivity index (χ1n) is 12.7. The number of rotatable bonds is 5. The fourth-order valence-electron chi connectivity index (χ4n) is 4.79. The maximum atomic E-state index is 13.9. The van der Waals surface area contributed by atoms with Gasteiger partial charge in [-0.15, -0.1) is 0 Å². The van der Waals surface area contributed by atoms with Gasteiger partial charge in [-0.25, -0.2) is 4.99 Å². The van der Waals surface area contributed by atoms with Gasteiger partial charge in [-0.3, -0.25) is 14.2 Å². The third kappa shape index (κ3) is 4.92. The van der Waals surface area contributed by atoms with Crippen LogP contribution in [0.2, 0.25) is 0 Å². The number of carbonyl (C=O) groups is 1. The smallest absolute Gasteiger partial charge is 0.271 e. The van der Waals surface area contributed by atoms with E-state index in [-0.39, 0.29) is 11.5 Å². The molecule has 0 spiro atoms. The van der Waals surface area contributed by atoms with Gasteiger partial charge in [0.25, 0.3) is 11.5 Å². The first-order valence-corrected chi connectivity index (χ1v) is 14.3. The minimum absolute atomic E-state index is 0.229. The zero-order valence-electron chi connectivity index (χ0n) is 21.7. The number of halogens is 1. The summed E-state index contributed by atoms with van der Waals surface area (Å²) in [6, 6.07) is 28.1. The fraction of sp³-hybridized carbons (Fsp3) is 0.0938. The number of anilines is 1. The lowest BCUT2D eigenvalue weighted by Crippen LogP contribution is -2.40. The first kappa shape index (κ1) is 26.0. The molecule has 3 heterocycles. The number of aryl methyl sites for hydroxylation is 1. The third-order valence-corrected chi connectivity index (χ3v) is 8.32. The number of carbonyl (C=O) groups excluding carboxylic acids is 1. The Morgan fingerprint density at radius 2 is 1.70 bits per heavy atom. The topological polar surface area (TPSA) is 76.6 Å². The highest BCUT2D eigenvalue weighted by atomic mass is 79.9. The van der Waals surface area contributed by atoms with Crippen molar-refractivity contribution in [3.05, 3.63) is 143 Å². The number of hydrogen-bond donors (Lipinski definition) is 1. The molecule has 3 aromatic carbocycles. The van der Waals surface area contributed by atoms with Crippen LogP contribution in [0.5, 0.6) is 0 Å². The van der Waals surface area contributed by atoms with E-state index in [4.69, 9.17) is 9.41 Å². The summed E-state index contributed by atoms with van der Waals surface area (Å²) in [4.78, 5) is 32.9. The summed E-state index contributed by atoms with van der Waals surface area (Å²) in [5.74, 6) is 0.983. The Kier molecular flexibility index (Phi) is 6.96. The Bertz CT molecular complexity index is 1950. The molecule has 0 bridgehead atoms. The largest absolute Gasteiger partial charge is 0.457 e. The number of benzene rings is 3. The molecule has 8 heteroatoms. The van der Waals surface area contributed by atoms with Crippen LogP contribution in [0.3, 0.4) is 0 Å². The van der Waals surface area contributed by atoms with Crippen LogP contribution in [0.25, 0.3) is 17.4 Å². The van der Waals surface area contributed by atoms with Crippen molar-refractivity contribution < 1.29 is 9.21 Å². The summed E-state index contributed by atoms with van der Waals surface area (Å²) < 4.78 is 9.13. The molecule has 40 heavy (non-hydrogen) atoms. The van der Waals surface area contributed by atoms with Crippen LogP contribution >= 0.6 is 27.3 Å². The van der Waals surface area contributed by atoms with Gasteiger partial charge in [0, 0.05) is 21.8 Å². The molecule has 198 valence electrons. The summed E-state index contributed by atoms with van der Waals surface area (Å²) in [7, 11) is 0. The SMILES string of the molecule is CC1=C(C(=O)Nc2ccccc2C)C(c2ccccc2)n2c(s/c(=C/c3ccc(-c4ccc(Br)cc4)o3)c2=O)=N1. The van der Waals surface area contributed by atoms with Crippen molar-refractivity contribution in [1.29, 1.82) is 0 Å². The van der Waals surface area contributed by atoms with Crippen LogP contribution in [0.15, 0.2) is 121 Å². The monoisotopic (exact) mass is 609 g/mol. The standard InChI is InChI=1S/C32H24BrN3O3S/c1-19-8-6-7-11-25(19)35-30(37)28-20(2)34-32-36(29(28)22-9-4-3-5-10-22)31(38)27(40-32)18-24-16-17-26(39-24)21-12-14-23(33)15-13-21/h3-18,29H,1-2H3,(H,35,37)/b27-18+. The van der Waals surface area contributed by atoms with E-state index in [2.05, 4.69) is 21.2 Å². The molecule has 0 saturated carbocycles. The average molecular weight is 611 g/mol. The average Bonchev–Trinajstić information content (AvgIpc) is 3.54. The molecule has 1 aliphatic rings. The summed E-state index contributed by atoms with van der Waals surface area (Å²) in [5, 5.41) is 3.03. The van der Waals surface area contributed by atoms with E-state index in [1.165, 1.54) is 11.3 Å². The zero-order valence-corrected chi connectivity index (χ0v) is 24.1. The van der Waals surface area contributed by atoms with Crippen LogP contribution in [0.1, 0.15) is 29.9 Å². The molecule has 0 saturated heterocycles. The number of fused-ring (bicyclic) bond motifs is 1. The first-order chi connectivity index (χ1) is 19.4. The third-order valence-electron chi connectivity index (χ3n) is 6.80. The highest BCUT2D eigenvalue weighted by Gasteiger charge is 2.32. The Labute approximate surface area is 242 Å². The van der Waals surface area contributed by atoms with Crippen molar-refractivity contribution in [2.75, 3.05) is 5.32 Å². The minimum Gasteiger partial charge on any atom is -0.457 e. The Balaban J connectivity index is 1.44. The Hall–Kier alpha value is -4.27. The van der Waals surface area contributed by atoms with Crippen molar-refractivity contribution in [2.45, 2.75) is 19.9 Å². The predicted molar refractivity (Wildman–Crippen MR) is 162 cm³/mol. The van der Waals surface area contributed by atoms with Crippen molar-refractivity contribution in [2.24, 2.45) is 4.99 Å². The zero-order chi connectivity index (χ0) is 27.8. The van der Waals surface area contributed by atoms with Gasteiger partial charge in [-0.1, -0.05) is 87.9 Å². The Morgan fingerprint density at radius 1 is 0.975 bits per heavy atom. The molecule has 6 nitrogen and oxygen atoms in total. The van der Waals surface area contributed by atoms with Crippen molar-refractivity contribution in [3.8, 4) is 11.3 Å². The van der Waals surface area contributed by atoms with E-state index in [0.717, 1.165) is 26.9 Å². The van der Waals surface area contributed by atoms with E-state index in [9.17, 15) is 9.59 Å². The molecule has 6 rings (SSSR count). The fourth-order valence-corrected chi connectivity index (χ4v) is 6.09. The van der Waals surface area contributed by atoms with Crippen molar-refractivity contribution in [1.82, 2.24) is 4.57 Å². The van der Waals surface area contributed by atoms with Gasteiger partial charge in [-0.05, 0) is 55.3 Å². The Morgan fingerprint density at radius 3 is 2.45 bits per heavy atom. The lowest BCUT2D eigenvalue weighted by atomic mass is 9.95. The molecular weight excluding hydrogens is 586 g/mol. The molecule has 5 aromatic rings. The van der Waals surface area contributed by atoms with E-state index in [1.807, 2.05) is 105 Å². The predicted octanol–water partition coefficient (Wildman–Crippen LogP) is 6.20. The van der Waals surface area contributed by atoms with Gasteiger partial charge in [-0.2, -0.15) is 0 Å². The molecule has 0 radical (unpaired) electrons. The quantitative estimate of drug-likeness (QED) is 0.257. The molecule has 1 N–H and O–H groups in total. The second-order valence-corrected chi connectivity index (χ2v) is 11.4. The van der Waals surface area contributed by atoms with Crippen LogP contribution in [-0.4, -0.2) is 10.5 Å². The highest BCUT2D eigenvalue weighted by molar-refractivity contribution is 9.10. The number of para-hydroxylation sites is 1. The van der Waals surface area contributed by atoms with Crippen molar-refractivity contribution in [3.63, 3.8) is 0 Å². The van der Waals surface area contributed by atoms with Gasteiger partial charge < -0.3 is 9.73 Å². The lowest BCUT2D eigenvalue weighted by molar-refractivity contribution is -0.113. The van der Waals surface area contributed by atoms with Crippen LogP contribution in [0, 0.1) is 6.92 Å². The van der Waals surface area contributed by atoms with Gasteiger partial charge in [0.1, 0.15) is 11.5 Å². The van der Waals surface area contributed by atoms with E-state index in [0.29, 0.717) is 32.1 Å². The summed E-state index contributed by atoms with van der Waals surface area (Å²) in [6.07, 6.45) is 1.74. The molecular formula is C32H24BrN3O3S. The number of nitrogens with one attached hydrogen (secondary N) is 1. The molecule has 1 atom stereocenters. The summed E-state index contributed by atoms with van der Waals surface area (Å²) >= 11 is 4.73. The maximum absolute atomic E-state index is 13.9. The number of nitrogens with zero attached hydrogens (tertiary/aromatic N) is 2. The number of thiazole rings is 1. The minimum atomic E-state index is -0.626. The molecule has 0 fully saturated rings. The molecule has 0 aliphatic carbocycles. The number of amides is 1. The van der Waals surface area contributed by atoms with Gasteiger partial charge in [0.05, 0.1) is 21.8 Å².